The molecule has 0 aliphatic carbocycles. The largest absolute Gasteiger partial charge is 0.416 e. The average molecular weight is 542 g/mol. The molecule has 1 N–H and O–H groups in total. The lowest BCUT2D eigenvalue weighted by atomic mass is 9.75. The van der Waals surface area contributed by atoms with Gasteiger partial charge >= 0.3 is 6.18 Å². The predicted octanol–water partition coefficient (Wildman–Crippen LogP) is 3.71. The topological polar surface area (TPSA) is 83.7 Å². The summed E-state index contributed by atoms with van der Waals surface area (Å²) in [4.78, 5) is 16.9. The molecule has 6 rings (SSSR count). The summed E-state index contributed by atoms with van der Waals surface area (Å²) >= 11 is 0. The van der Waals surface area contributed by atoms with Gasteiger partial charge in [0.05, 0.1) is 25.3 Å². The molecule has 0 radical (unpaired) electrons. The van der Waals surface area contributed by atoms with E-state index in [0.717, 1.165) is 30.3 Å². The molecule has 0 unspecified atom stereocenters. The van der Waals surface area contributed by atoms with Crippen LogP contribution in [0.5, 0.6) is 0 Å². The molecule has 39 heavy (non-hydrogen) atoms. The van der Waals surface area contributed by atoms with E-state index in [1.807, 2.05) is 34.7 Å². The fraction of sp³-hybridized carbons (Fsp3) is 0.464. The minimum absolute atomic E-state index is 0.000586. The van der Waals surface area contributed by atoms with E-state index in [0.29, 0.717) is 44.1 Å². The average Bonchev–Trinajstić information content (AvgIpc) is 3.47. The number of hydrogen-bond donors (Lipinski definition) is 1. The summed E-state index contributed by atoms with van der Waals surface area (Å²) in [5.41, 5.74) is 0.810. The number of piperidine rings is 1. The van der Waals surface area contributed by atoms with Gasteiger partial charge in [-0.25, -0.2) is 0 Å². The lowest BCUT2D eigenvalue weighted by Gasteiger charge is -2.42. The van der Waals surface area contributed by atoms with Crippen molar-refractivity contribution in [3.8, 4) is 0 Å². The number of carbonyl (C=O) groups is 1. The third-order valence-corrected chi connectivity index (χ3v) is 8.30. The second-order valence-corrected chi connectivity index (χ2v) is 10.9. The van der Waals surface area contributed by atoms with Crippen molar-refractivity contribution in [1.82, 2.24) is 14.8 Å². The molecule has 2 saturated heterocycles. The molecule has 1 aromatic heterocycles. The monoisotopic (exact) mass is 541 g/mol. The van der Waals surface area contributed by atoms with Gasteiger partial charge in [-0.1, -0.05) is 12.1 Å². The zero-order chi connectivity index (χ0) is 27.4. The molecule has 8 nitrogen and oxygen atoms in total. The van der Waals surface area contributed by atoms with Crippen LogP contribution in [-0.4, -0.2) is 58.7 Å². The minimum Gasteiger partial charge on any atom is -0.396 e. The number of nitrogens with zero attached hydrogens (tertiary/aromatic N) is 5. The van der Waals surface area contributed by atoms with Gasteiger partial charge in [-0.3, -0.25) is 4.79 Å². The van der Waals surface area contributed by atoms with E-state index in [-0.39, 0.29) is 35.6 Å². The Hall–Kier alpha value is -3.44. The Morgan fingerprint density at radius 3 is 2.67 bits per heavy atom. The van der Waals surface area contributed by atoms with E-state index in [1.54, 1.807) is 18.5 Å². The van der Waals surface area contributed by atoms with Crippen molar-refractivity contribution >= 4 is 17.3 Å². The van der Waals surface area contributed by atoms with E-state index in [1.165, 1.54) is 4.90 Å². The molecule has 3 aromatic rings. The van der Waals surface area contributed by atoms with Crippen molar-refractivity contribution in [2.75, 3.05) is 42.7 Å². The number of hydrogen-bond acceptors (Lipinski definition) is 6. The van der Waals surface area contributed by atoms with Gasteiger partial charge < -0.3 is 24.2 Å². The molecule has 0 saturated carbocycles. The smallest absolute Gasteiger partial charge is 0.396 e. The van der Waals surface area contributed by atoms with Crippen LogP contribution in [0.2, 0.25) is 0 Å². The number of benzene rings is 2. The van der Waals surface area contributed by atoms with Gasteiger partial charge in [-0.15, -0.1) is 10.2 Å². The molecule has 0 bridgehead atoms. The first-order valence-electron chi connectivity index (χ1n) is 13.1. The molecule has 3 aliphatic rings. The van der Waals surface area contributed by atoms with Gasteiger partial charge in [-0.2, -0.15) is 13.2 Å². The molecular weight excluding hydrogens is 511 g/mol. The quantitative estimate of drug-likeness (QED) is 0.513. The van der Waals surface area contributed by atoms with Crippen molar-refractivity contribution in [2.45, 2.75) is 37.4 Å². The Morgan fingerprint density at radius 1 is 1.18 bits per heavy atom. The molecule has 2 aromatic carbocycles. The molecular formula is C28H30F3N5O3. The lowest BCUT2D eigenvalue weighted by molar-refractivity contribution is -0.138. The number of aliphatic hydroxyl groups is 1. The van der Waals surface area contributed by atoms with Crippen LogP contribution in [0.4, 0.5) is 24.5 Å². The maximum absolute atomic E-state index is 14.3. The number of aliphatic hydroxyl groups excluding tert-OH is 1. The summed E-state index contributed by atoms with van der Waals surface area (Å²) in [7, 11) is 1.87. The predicted molar refractivity (Wildman–Crippen MR) is 138 cm³/mol. The Bertz CT molecular complexity index is 1400. The van der Waals surface area contributed by atoms with Crippen LogP contribution in [0, 0.1) is 5.92 Å². The number of rotatable bonds is 6. The summed E-state index contributed by atoms with van der Waals surface area (Å²) in [5.74, 6) is 0.356. The number of aryl methyl sites for hydroxylation is 1. The van der Waals surface area contributed by atoms with E-state index < -0.39 is 17.6 Å². The van der Waals surface area contributed by atoms with Gasteiger partial charge in [0.15, 0.2) is 0 Å². The minimum atomic E-state index is -4.60. The van der Waals surface area contributed by atoms with Crippen molar-refractivity contribution in [2.24, 2.45) is 13.0 Å². The molecule has 11 heteroatoms. The van der Waals surface area contributed by atoms with Crippen LogP contribution < -0.4 is 9.80 Å². The van der Waals surface area contributed by atoms with Gasteiger partial charge in [0.25, 0.3) is 5.91 Å². The summed E-state index contributed by atoms with van der Waals surface area (Å²) in [6, 6.07) is 10.2. The zero-order valence-electron chi connectivity index (χ0n) is 21.6. The highest BCUT2D eigenvalue weighted by atomic mass is 19.4. The van der Waals surface area contributed by atoms with Gasteiger partial charge in [0.1, 0.15) is 12.2 Å². The SMILES string of the molecule is Cn1cnnc1CC1(c2cccc(N3Cc4c(cc(N5CCC[C@H](CO)C5)cc4C(F)(F)F)C3=O)c2)COC1. The van der Waals surface area contributed by atoms with Crippen LogP contribution in [0.1, 0.15) is 45.7 Å². The molecule has 3 aliphatic heterocycles. The molecule has 1 atom stereocenters. The van der Waals surface area contributed by atoms with Crippen molar-refractivity contribution in [3.63, 3.8) is 0 Å². The van der Waals surface area contributed by atoms with E-state index in [4.69, 9.17) is 4.74 Å². The van der Waals surface area contributed by atoms with E-state index in [9.17, 15) is 23.1 Å². The van der Waals surface area contributed by atoms with Crippen LogP contribution in [0.15, 0.2) is 42.7 Å². The molecule has 0 spiro atoms. The lowest BCUT2D eigenvalue weighted by Crippen LogP contribution is -2.49. The summed E-state index contributed by atoms with van der Waals surface area (Å²) in [6.45, 7) is 1.83. The third-order valence-electron chi connectivity index (χ3n) is 8.30. The van der Waals surface area contributed by atoms with Crippen molar-refractivity contribution in [1.29, 1.82) is 0 Å². The standard InChI is InChI=1S/C28H30F3N5O3/c1-34-17-32-33-25(34)11-27(15-39-16-27)19-5-2-6-20(8-19)36-13-23-22(26(36)38)9-21(10-24(23)28(29,30)31)35-7-3-4-18(12-35)14-37/h2,5-6,8-10,17-18,37H,3-4,7,11-16H2,1H3/t18-/m0/s1. The van der Waals surface area contributed by atoms with Crippen LogP contribution in [0.3, 0.4) is 0 Å². The summed E-state index contributed by atoms with van der Waals surface area (Å²) in [6.07, 6.45) is -0.771. The number of amides is 1. The number of alkyl halides is 3. The molecule has 1 amide bonds. The first-order chi connectivity index (χ1) is 18.7. The first kappa shape index (κ1) is 25.8. The van der Waals surface area contributed by atoms with Gasteiger partial charge in [-0.05, 0) is 54.2 Å². The van der Waals surface area contributed by atoms with Crippen LogP contribution in [-0.2, 0) is 36.3 Å². The second-order valence-electron chi connectivity index (χ2n) is 10.9. The fourth-order valence-corrected chi connectivity index (χ4v) is 5.98. The second kappa shape index (κ2) is 9.63. The maximum atomic E-state index is 14.3. The Morgan fingerprint density at radius 2 is 2.00 bits per heavy atom. The first-order valence-corrected chi connectivity index (χ1v) is 13.1. The van der Waals surface area contributed by atoms with Gasteiger partial charge in [0.2, 0.25) is 0 Å². The normalized spacial score (nSPS) is 20.7. The van der Waals surface area contributed by atoms with Crippen LogP contribution in [0.25, 0.3) is 0 Å². The number of ether oxygens (including phenoxy) is 1. The number of halogens is 3. The fourth-order valence-electron chi connectivity index (χ4n) is 5.98. The summed E-state index contributed by atoms with van der Waals surface area (Å²) < 4.78 is 50.2. The third kappa shape index (κ3) is 4.57. The molecule has 206 valence electrons. The van der Waals surface area contributed by atoms with E-state index in [2.05, 4.69) is 10.2 Å². The number of anilines is 2. The van der Waals surface area contributed by atoms with Crippen LogP contribution >= 0.6 is 0 Å². The van der Waals surface area contributed by atoms with Crippen molar-refractivity contribution in [3.05, 3.63) is 70.8 Å². The van der Waals surface area contributed by atoms with Gasteiger partial charge in [0, 0.05) is 55.5 Å². The Balaban J connectivity index is 1.34. The number of fused-ring (bicyclic) bond motifs is 1. The van der Waals surface area contributed by atoms with Crippen molar-refractivity contribution < 1.29 is 27.8 Å². The molecule has 4 heterocycles. The highest BCUT2D eigenvalue weighted by Gasteiger charge is 2.44. The highest BCUT2D eigenvalue weighted by molar-refractivity contribution is 6.11. The molecule has 2 fully saturated rings. The Labute approximate surface area is 224 Å². The number of carbonyl (C=O) groups excluding carboxylic acids is 1. The maximum Gasteiger partial charge on any atom is 0.416 e. The van der Waals surface area contributed by atoms with E-state index >= 15 is 0 Å². The Kier molecular flexibility index (Phi) is 6.38. The summed E-state index contributed by atoms with van der Waals surface area (Å²) in [5, 5.41) is 17.8. The number of aromatic nitrogens is 3. The highest BCUT2D eigenvalue weighted by Crippen LogP contribution is 2.43. The zero-order valence-corrected chi connectivity index (χ0v) is 21.6.